The summed E-state index contributed by atoms with van der Waals surface area (Å²) in [5, 5.41) is 9.34. The smallest absolute Gasteiger partial charge is 0.251 e. The van der Waals surface area contributed by atoms with Crippen LogP contribution in [0, 0.1) is 12.7 Å². The van der Waals surface area contributed by atoms with Crippen LogP contribution in [-0.4, -0.2) is 62.6 Å². The lowest BCUT2D eigenvalue weighted by Crippen LogP contribution is -2.45. The molecular formula is C21H37FIN5O. The molecule has 1 amide bonds. The van der Waals surface area contributed by atoms with Gasteiger partial charge in [-0.2, -0.15) is 0 Å². The Labute approximate surface area is 192 Å². The molecule has 0 saturated heterocycles. The van der Waals surface area contributed by atoms with Gasteiger partial charge in [-0.1, -0.05) is 19.9 Å². The minimum Gasteiger partial charge on any atom is -0.355 e. The van der Waals surface area contributed by atoms with Gasteiger partial charge in [0.15, 0.2) is 5.96 Å². The topological polar surface area (TPSA) is 68.8 Å². The van der Waals surface area contributed by atoms with Gasteiger partial charge in [0.2, 0.25) is 0 Å². The number of carbonyl (C=O) groups is 1. The number of nitrogens with one attached hydrogen (secondary N) is 3. The first-order valence-corrected chi connectivity index (χ1v) is 10.1. The number of halogens is 2. The highest BCUT2D eigenvalue weighted by atomic mass is 127. The molecule has 1 aromatic rings. The van der Waals surface area contributed by atoms with Crippen LogP contribution >= 0.6 is 24.0 Å². The van der Waals surface area contributed by atoms with Crippen LogP contribution in [0.3, 0.4) is 0 Å². The minimum atomic E-state index is -0.370. The van der Waals surface area contributed by atoms with E-state index in [-0.39, 0.29) is 35.7 Å². The van der Waals surface area contributed by atoms with E-state index in [0.717, 1.165) is 32.5 Å². The van der Waals surface area contributed by atoms with E-state index in [1.54, 1.807) is 26.1 Å². The number of nitrogens with zero attached hydrogens (tertiary/aromatic N) is 2. The molecule has 0 fully saturated rings. The third kappa shape index (κ3) is 10.8. The number of guanidine groups is 1. The highest BCUT2D eigenvalue weighted by molar-refractivity contribution is 14.0. The largest absolute Gasteiger partial charge is 0.355 e. The molecule has 0 radical (unpaired) electrons. The fraction of sp³-hybridized carbons (Fsp3) is 0.619. The number of aliphatic imine (C=N–C) groups is 1. The number of amides is 1. The Bertz CT molecular complexity index is 637. The van der Waals surface area contributed by atoms with Gasteiger partial charge in [0.05, 0.1) is 0 Å². The zero-order chi connectivity index (χ0) is 20.9. The van der Waals surface area contributed by atoms with Crippen molar-refractivity contribution >= 4 is 35.8 Å². The number of aryl methyl sites for hydroxylation is 1. The lowest BCUT2D eigenvalue weighted by Gasteiger charge is -2.21. The van der Waals surface area contributed by atoms with Crippen molar-refractivity contribution in [3.8, 4) is 0 Å². The average molecular weight is 521 g/mol. The highest BCUT2D eigenvalue weighted by Gasteiger charge is 2.09. The first-order valence-electron chi connectivity index (χ1n) is 10.1. The van der Waals surface area contributed by atoms with E-state index in [1.807, 2.05) is 0 Å². The number of benzene rings is 1. The third-order valence-electron chi connectivity index (χ3n) is 4.75. The van der Waals surface area contributed by atoms with Crippen molar-refractivity contribution in [3.63, 3.8) is 0 Å². The van der Waals surface area contributed by atoms with Gasteiger partial charge >= 0.3 is 0 Å². The molecule has 0 bridgehead atoms. The second-order valence-corrected chi connectivity index (χ2v) is 6.93. The molecule has 1 aromatic carbocycles. The van der Waals surface area contributed by atoms with Gasteiger partial charge in [0, 0.05) is 31.7 Å². The fourth-order valence-corrected chi connectivity index (χ4v) is 2.85. The van der Waals surface area contributed by atoms with Gasteiger partial charge in [-0.15, -0.1) is 24.0 Å². The molecule has 3 N–H and O–H groups in total. The molecule has 6 nitrogen and oxygen atoms in total. The lowest BCUT2D eigenvalue weighted by atomic mass is 10.1. The summed E-state index contributed by atoms with van der Waals surface area (Å²) in [6.45, 7) is 12.4. The van der Waals surface area contributed by atoms with Crippen molar-refractivity contribution in [2.75, 3.05) is 39.8 Å². The molecule has 1 unspecified atom stereocenters. The first-order chi connectivity index (χ1) is 13.4. The van der Waals surface area contributed by atoms with E-state index >= 15 is 0 Å². The SMILES string of the molecule is CCN(CC)CCCC(C)NC(=NC)NCCNC(=O)c1ccc(C)c(F)c1.I. The van der Waals surface area contributed by atoms with E-state index < -0.39 is 0 Å². The van der Waals surface area contributed by atoms with Crippen molar-refractivity contribution in [2.45, 2.75) is 46.6 Å². The Morgan fingerprint density at radius 1 is 1.21 bits per heavy atom. The number of carbonyl (C=O) groups excluding carboxylic acids is 1. The van der Waals surface area contributed by atoms with Gasteiger partial charge in [-0.3, -0.25) is 9.79 Å². The van der Waals surface area contributed by atoms with Crippen molar-refractivity contribution in [1.82, 2.24) is 20.9 Å². The fourth-order valence-electron chi connectivity index (χ4n) is 2.85. The van der Waals surface area contributed by atoms with E-state index in [0.29, 0.717) is 36.2 Å². The number of hydrogen-bond acceptors (Lipinski definition) is 3. The molecule has 0 aliphatic rings. The van der Waals surface area contributed by atoms with Crippen LogP contribution in [0.25, 0.3) is 0 Å². The second-order valence-electron chi connectivity index (χ2n) is 6.93. The molecule has 8 heteroatoms. The van der Waals surface area contributed by atoms with Crippen LogP contribution in [0.2, 0.25) is 0 Å². The molecule has 0 spiro atoms. The van der Waals surface area contributed by atoms with Gasteiger partial charge in [-0.25, -0.2) is 4.39 Å². The number of hydrogen-bond donors (Lipinski definition) is 3. The van der Waals surface area contributed by atoms with Gasteiger partial charge in [-0.05, 0) is 64.0 Å². The van der Waals surface area contributed by atoms with Gasteiger partial charge in [0.25, 0.3) is 5.91 Å². The van der Waals surface area contributed by atoms with Crippen LogP contribution in [0.1, 0.15) is 49.5 Å². The summed E-state index contributed by atoms with van der Waals surface area (Å²) in [6, 6.07) is 4.81. The standard InChI is InChI=1S/C21H36FN5O.HI/c1-6-27(7-2)14-8-9-17(4)26-21(23-5)25-13-12-24-20(28)18-11-10-16(3)19(22)15-18;/h10-11,15,17H,6-9,12-14H2,1-5H3,(H,24,28)(H2,23,25,26);1H. The maximum Gasteiger partial charge on any atom is 0.251 e. The van der Waals surface area contributed by atoms with Crippen LogP contribution < -0.4 is 16.0 Å². The normalized spacial score (nSPS) is 12.3. The van der Waals surface area contributed by atoms with E-state index in [4.69, 9.17) is 0 Å². The zero-order valence-corrected chi connectivity index (χ0v) is 20.7. The monoisotopic (exact) mass is 521 g/mol. The summed E-state index contributed by atoms with van der Waals surface area (Å²) in [5.74, 6) is 0.0599. The second kappa shape index (κ2) is 15.4. The predicted molar refractivity (Wildman–Crippen MR) is 130 cm³/mol. The van der Waals surface area contributed by atoms with Crippen LogP contribution in [0.4, 0.5) is 4.39 Å². The first kappa shape index (κ1) is 27.6. The summed E-state index contributed by atoms with van der Waals surface area (Å²) in [5.41, 5.74) is 0.853. The van der Waals surface area contributed by atoms with Gasteiger partial charge < -0.3 is 20.9 Å². The maximum atomic E-state index is 13.6. The highest BCUT2D eigenvalue weighted by Crippen LogP contribution is 2.08. The van der Waals surface area contributed by atoms with Gasteiger partial charge in [0.1, 0.15) is 5.82 Å². The molecule has 0 heterocycles. The molecule has 29 heavy (non-hydrogen) atoms. The van der Waals surface area contributed by atoms with Crippen LogP contribution in [0.15, 0.2) is 23.2 Å². The summed E-state index contributed by atoms with van der Waals surface area (Å²) in [4.78, 5) is 18.7. The van der Waals surface area contributed by atoms with E-state index in [9.17, 15) is 9.18 Å². The Balaban J connectivity index is 0.00000784. The summed E-state index contributed by atoms with van der Waals surface area (Å²) in [6.07, 6.45) is 2.20. The maximum absolute atomic E-state index is 13.6. The Hall–Kier alpha value is -1.42. The van der Waals surface area contributed by atoms with Crippen molar-refractivity contribution in [2.24, 2.45) is 4.99 Å². The summed E-state index contributed by atoms with van der Waals surface area (Å²) in [7, 11) is 1.73. The molecule has 0 aliphatic carbocycles. The van der Waals surface area contributed by atoms with Crippen molar-refractivity contribution < 1.29 is 9.18 Å². The third-order valence-corrected chi connectivity index (χ3v) is 4.75. The molecule has 0 aliphatic heterocycles. The Morgan fingerprint density at radius 3 is 2.45 bits per heavy atom. The molecule has 0 saturated carbocycles. The summed E-state index contributed by atoms with van der Waals surface area (Å²) >= 11 is 0. The molecule has 166 valence electrons. The molecule has 1 rings (SSSR count). The van der Waals surface area contributed by atoms with Crippen LogP contribution in [-0.2, 0) is 0 Å². The molecular weight excluding hydrogens is 484 g/mol. The Kier molecular flexibility index (Phi) is 14.7. The Morgan fingerprint density at radius 2 is 1.86 bits per heavy atom. The average Bonchev–Trinajstić information content (AvgIpc) is 2.69. The van der Waals surface area contributed by atoms with E-state index in [1.165, 1.54) is 6.07 Å². The molecule has 0 aromatic heterocycles. The number of rotatable bonds is 11. The van der Waals surface area contributed by atoms with E-state index in [2.05, 4.69) is 46.6 Å². The lowest BCUT2D eigenvalue weighted by molar-refractivity contribution is 0.0954. The summed E-state index contributed by atoms with van der Waals surface area (Å²) < 4.78 is 13.6. The zero-order valence-electron chi connectivity index (χ0n) is 18.3. The minimum absolute atomic E-state index is 0. The predicted octanol–water partition coefficient (Wildman–Crippen LogP) is 3.16. The quantitative estimate of drug-likeness (QED) is 0.181. The molecule has 1 atom stereocenters. The van der Waals surface area contributed by atoms with Crippen molar-refractivity contribution in [3.05, 3.63) is 35.1 Å². The van der Waals surface area contributed by atoms with Crippen LogP contribution in [0.5, 0.6) is 0 Å². The van der Waals surface area contributed by atoms with Crippen molar-refractivity contribution in [1.29, 1.82) is 0 Å².